The van der Waals surface area contributed by atoms with Gasteiger partial charge in [0.2, 0.25) is 0 Å². The van der Waals surface area contributed by atoms with Crippen molar-refractivity contribution in [3.8, 4) is 22.5 Å². The zero-order chi connectivity index (χ0) is 20.2. The van der Waals surface area contributed by atoms with E-state index in [1.807, 2.05) is 23.3 Å². The Bertz CT molecular complexity index is 915. The molecule has 154 valence electrons. The zero-order valence-corrected chi connectivity index (χ0v) is 17.7. The number of aromatic nitrogens is 4. The lowest BCUT2D eigenvalue weighted by atomic mass is 10.1. The SMILES string of the molecule is COCCN1CC[C@@H](Cn2cnc(-c3ccccc3)c2-c2cnn(C(C)C)c2)C1. The third kappa shape index (κ3) is 4.43. The summed E-state index contributed by atoms with van der Waals surface area (Å²) in [4.78, 5) is 7.32. The van der Waals surface area contributed by atoms with Crippen molar-refractivity contribution < 1.29 is 4.74 Å². The van der Waals surface area contributed by atoms with Crippen LogP contribution in [0.4, 0.5) is 0 Å². The van der Waals surface area contributed by atoms with Gasteiger partial charge >= 0.3 is 0 Å². The first kappa shape index (κ1) is 19.9. The van der Waals surface area contributed by atoms with E-state index < -0.39 is 0 Å². The Labute approximate surface area is 173 Å². The number of likely N-dealkylation sites (tertiary alicyclic amines) is 1. The summed E-state index contributed by atoms with van der Waals surface area (Å²) in [5.41, 5.74) is 4.47. The van der Waals surface area contributed by atoms with Gasteiger partial charge in [0.15, 0.2) is 0 Å². The fraction of sp³-hybridized carbons (Fsp3) is 0.478. The molecule has 29 heavy (non-hydrogen) atoms. The number of rotatable bonds is 8. The van der Waals surface area contributed by atoms with Gasteiger partial charge in [-0.1, -0.05) is 30.3 Å². The molecule has 1 aliphatic rings. The summed E-state index contributed by atoms with van der Waals surface area (Å²) in [5.74, 6) is 0.628. The van der Waals surface area contributed by atoms with Crippen LogP contribution in [0.15, 0.2) is 49.1 Å². The molecule has 1 aliphatic heterocycles. The summed E-state index contributed by atoms with van der Waals surface area (Å²) < 4.78 is 9.59. The highest BCUT2D eigenvalue weighted by atomic mass is 16.5. The third-order valence-electron chi connectivity index (χ3n) is 5.73. The van der Waals surface area contributed by atoms with Crippen molar-refractivity contribution >= 4 is 0 Å². The van der Waals surface area contributed by atoms with Crippen LogP contribution in [0.5, 0.6) is 0 Å². The van der Waals surface area contributed by atoms with Crippen LogP contribution >= 0.6 is 0 Å². The first-order chi connectivity index (χ1) is 14.2. The monoisotopic (exact) mass is 393 g/mol. The molecule has 1 saturated heterocycles. The lowest BCUT2D eigenvalue weighted by molar-refractivity contribution is 0.158. The van der Waals surface area contributed by atoms with Gasteiger partial charge in [-0.05, 0) is 32.7 Å². The minimum atomic E-state index is 0.337. The summed E-state index contributed by atoms with van der Waals surface area (Å²) in [6, 6.07) is 10.8. The van der Waals surface area contributed by atoms with E-state index in [2.05, 4.69) is 58.9 Å². The number of imidazole rings is 1. The number of nitrogens with zero attached hydrogens (tertiary/aromatic N) is 5. The van der Waals surface area contributed by atoms with Crippen molar-refractivity contribution in [3.63, 3.8) is 0 Å². The molecule has 0 radical (unpaired) electrons. The fourth-order valence-electron chi connectivity index (χ4n) is 4.14. The van der Waals surface area contributed by atoms with Gasteiger partial charge < -0.3 is 14.2 Å². The van der Waals surface area contributed by atoms with Crippen LogP contribution in [0.1, 0.15) is 26.3 Å². The molecule has 1 aromatic carbocycles. The molecule has 3 heterocycles. The average molecular weight is 394 g/mol. The molecule has 6 nitrogen and oxygen atoms in total. The highest BCUT2D eigenvalue weighted by Gasteiger charge is 2.25. The maximum absolute atomic E-state index is 5.24. The summed E-state index contributed by atoms with van der Waals surface area (Å²) in [5, 5.41) is 4.58. The first-order valence-electron chi connectivity index (χ1n) is 10.5. The Morgan fingerprint density at radius 3 is 2.72 bits per heavy atom. The molecule has 1 atom stereocenters. The van der Waals surface area contributed by atoms with E-state index in [9.17, 15) is 0 Å². The number of methoxy groups -OCH3 is 1. The molecule has 0 N–H and O–H groups in total. The Kier molecular flexibility index (Phi) is 6.11. The third-order valence-corrected chi connectivity index (χ3v) is 5.73. The molecule has 3 aromatic rings. The molecule has 4 rings (SSSR count). The second-order valence-electron chi connectivity index (χ2n) is 8.21. The van der Waals surface area contributed by atoms with Crippen molar-refractivity contribution in [2.45, 2.75) is 32.9 Å². The van der Waals surface area contributed by atoms with E-state index in [0.29, 0.717) is 12.0 Å². The summed E-state index contributed by atoms with van der Waals surface area (Å²) in [6.07, 6.45) is 7.33. The largest absolute Gasteiger partial charge is 0.383 e. The van der Waals surface area contributed by atoms with E-state index in [4.69, 9.17) is 9.72 Å². The molecule has 0 bridgehead atoms. The summed E-state index contributed by atoms with van der Waals surface area (Å²) >= 11 is 0. The lowest BCUT2D eigenvalue weighted by Crippen LogP contribution is -2.25. The molecular weight excluding hydrogens is 362 g/mol. The van der Waals surface area contributed by atoms with Crippen molar-refractivity contribution in [2.75, 3.05) is 33.4 Å². The molecule has 2 aromatic heterocycles. The summed E-state index contributed by atoms with van der Waals surface area (Å²) in [6.45, 7) is 9.36. The van der Waals surface area contributed by atoms with Crippen LogP contribution in [0, 0.1) is 5.92 Å². The van der Waals surface area contributed by atoms with Crippen molar-refractivity contribution in [1.82, 2.24) is 24.2 Å². The normalized spacial score (nSPS) is 17.4. The van der Waals surface area contributed by atoms with Crippen LogP contribution in [0.25, 0.3) is 22.5 Å². The first-order valence-corrected chi connectivity index (χ1v) is 10.5. The lowest BCUT2D eigenvalue weighted by Gasteiger charge is -2.16. The van der Waals surface area contributed by atoms with Gasteiger partial charge in [-0.15, -0.1) is 0 Å². The maximum atomic E-state index is 5.24. The average Bonchev–Trinajstić information content (AvgIpc) is 3.47. The number of hydrogen-bond acceptors (Lipinski definition) is 4. The summed E-state index contributed by atoms with van der Waals surface area (Å²) in [7, 11) is 1.77. The van der Waals surface area contributed by atoms with Crippen molar-refractivity contribution in [2.24, 2.45) is 5.92 Å². The minimum Gasteiger partial charge on any atom is -0.383 e. The molecule has 0 saturated carbocycles. The van der Waals surface area contributed by atoms with Gasteiger partial charge in [-0.25, -0.2) is 4.98 Å². The second-order valence-corrected chi connectivity index (χ2v) is 8.21. The smallest absolute Gasteiger partial charge is 0.0964 e. The van der Waals surface area contributed by atoms with E-state index in [-0.39, 0.29) is 0 Å². The van der Waals surface area contributed by atoms with E-state index >= 15 is 0 Å². The molecule has 6 heteroatoms. The van der Waals surface area contributed by atoms with Crippen LogP contribution in [-0.4, -0.2) is 57.6 Å². The molecule has 0 spiro atoms. The molecule has 0 unspecified atom stereocenters. The highest BCUT2D eigenvalue weighted by molar-refractivity contribution is 5.78. The quantitative estimate of drug-likeness (QED) is 0.581. The molecule has 1 fully saturated rings. The maximum Gasteiger partial charge on any atom is 0.0964 e. The Morgan fingerprint density at radius 1 is 1.17 bits per heavy atom. The van der Waals surface area contributed by atoms with Gasteiger partial charge in [0, 0.05) is 50.1 Å². The van der Waals surface area contributed by atoms with Gasteiger partial charge in [-0.3, -0.25) is 4.68 Å². The van der Waals surface area contributed by atoms with Crippen molar-refractivity contribution in [3.05, 3.63) is 49.1 Å². The standard InChI is InChI=1S/C23H31N5O/c1-18(2)28-16-21(13-25-28)23-22(20-7-5-4-6-8-20)24-17-27(23)15-19-9-10-26(14-19)11-12-29-3/h4-8,13,16-19H,9-12,14-15H2,1-3H3/t19-/m1/s1. The zero-order valence-electron chi connectivity index (χ0n) is 17.7. The number of benzene rings is 1. The topological polar surface area (TPSA) is 48.1 Å². The number of hydrogen-bond donors (Lipinski definition) is 0. The van der Waals surface area contributed by atoms with Crippen LogP contribution < -0.4 is 0 Å². The van der Waals surface area contributed by atoms with E-state index in [1.54, 1.807) is 7.11 Å². The molecule has 0 amide bonds. The van der Waals surface area contributed by atoms with Crippen LogP contribution in [0.2, 0.25) is 0 Å². The van der Waals surface area contributed by atoms with E-state index in [0.717, 1.165) is 49.6 Å². The Balaban J connectivity index is 1.63. The second kappa shape index (κ2) is 8.93. The minimum absolute atomic E-state index is 0.337. The van der Waals surface area contributed by atoms with Gasteiger partial charge in [0.1, 0.15) is 0 Å². The van der Waals surface area contributed by atoms with Gasteiger partial charge in [0.25, 0.3) is 0 Å². The van der Waals surface area contributed by atoms with Gasteiger partial charge in [-0.2, -0.15) is 5.10 Å². The predicted octanol–water partition coefficient (Wildman–Crippen LogP) is 3.96. The van der Waals surface area contributed by atoms with Crippen molar-refractivity contribution in [1.29, 1.82) is 0 Å². The van der Waals surface area contributed by atoms with E-state index in [1.165, 1.54) is 12.1 Å². The van der Waals surface area contributed by atoms with Crippen LogP contribution in [0.3, 0.4) is 0 Å². The van der Waals surface area contributed by atoms with Gasteiger partial charge in [0.05, 0.1) is 30.5 Å². The molecule has 0 aliphatic carbocycles. The fourth-order valence-corrected chi connectivity index (χ4v) is 4.14. The molecular formula is C23H31N5O. The predicted molar refractivity (Wildman–Crippen MR) is 116 cm³/mol. The highest BCUT2D eigenvalue weighted by Crippen LogP contribution is 2.32. The van der Waals surface area contributed by atoms with Crippen LogP contribution in [-0.2, 0) is 11.3 Å². The Hall–Kier alpha value is -2.44. The Morgan fingerprint density at radius 2 is 2.00 bits per heavy atom. The number of ether oxygens (including phenoxy) is 1.